The van der Waals surface area contributed by atoms with Gasteiger partial charge in [0.15, 0.2) is 5.82 Å². The second-order valence-corrected chi connectivity index (χ2v) is 3.19. The van der Waals surface area contributed by atoms with Gasteiger partial charge < -0.3 is 5.73 Å². The van der Waals surface area contributed by atoms with E-state index in [0.29, 0.717) is 18.2 Å². The van der Waals surface area contributed by atoms with Gasteiger partial charge in [0.2, 0.25) is 0 Å². The van der Waals surface area contributed by atoms with Gasteiger partial charge in [-0.05, 0) is 13.8 Å². The Morgan fingerprint density at radius 3 is 2.67 bits per heavy atom. The topological polar surface area (TPSA) is 82.5 Å². The zero-order valence-electron chi connectivity index (χ0n) is 8.68. The molecule has 0 saturated carbocycles. The number of aryl methyl sites for hydroxylation is 2. The number of hydrogen-bond donors (Lipinski definition) is 1. The molecule has 15 heavy (non-hydrogen) atoms. The van der Waals surface area contributed by atoms with E-state index in [4.69, 9.17) is 5.73 Å². The van der Waals surface area contributed by atoms with Crippen molar-refractivity contribution in [1.29, 1.82) is 0 Å². The molecule has 2 aromatic rings. The van der Waals surface area contributed by atoms with Crippen LogP contribution in [0.4, 0.5) is 0 Å². The summed E-state index contributed by atoms with van der Waals surface area (Å²) in [6.45, 7) is 4.08. The Morgan fingerprint density at radius 1 is 1.27 bits per heavy atom. The lowest BCUT2D eigenvalue weighted by molar-refractivity contribution is 0.782. The zero-order chi connectivity index (χ0) is 10.8. The lowest BCUT2D eigenvalue weighted by Gasteiger charge is -2.02. The van der Waals surface area contributed by atoms with E-state index < -0.39 is 0 Å². The van der Waals surface area contributed by atoms with Crippen molar-refractivity contribution in [3.63, 3.8) is 0 Å². The van der Waals surface area contributed by atoms with E-state index in [1.54, 1.807) is 17.1 Å². The van der Waals surface area contributed by atoms with Crippen molar-refractivity contribution >= 4 is 0 Å². The summed E-state index contributed by atoms with van der Waals surface area (Å²) in [4.78, 5) is 12.6. The van der Waals surface area contributed by atoms with Gasteiger partial charge in [-0.25, -0.2) is 9.97 Å². The first-order valence-corrected chi connectivity index (χ1v) is 4.62. The van der Waals surface area contributed by atoms with Crippen molar-refractivity contribution in [2.45, 2.75) is 20.4 Å². The third-order valence-corrected chi connectivity index (χ3v) is 1.97. The van der Waals surface area contributed by atoms with Crippen LogP contribution in [-0.2, 0) is 6.54 Å². The van der Waals surface area contributed by atoms with Gasteiger partial charge in [-0.3, -0.25) is 4.98 Å². The summed E-state index contributed by atoms with van der Waals surface area (Å²) in [6.07, 6.45) is 3.28. The van der Waals surface area contributed by atoms with Crippen molar-refractivity contribution in [3.05, 3.63) is 29.7 Å². The largest absolute Gasteiger partial charge is 0.325 e. The molecule has 0 aliphatic rings. The van der Waals surface area contributed by atoms with Crippen LogP contribution in [0.5, 0.6) is 0 Å². The van der Waals surface area contributed by atoms with E-state index in [9.17, 15) is 0 Å². The van der Waals surface area contributed by atoms with Gasteiger partial charge in [-0.2, -0.15) is 4.68 Å². The minimum atomic E-state index is 0.369. The van der Waals surface area contributed by atoms with E-state index in [1.165, 1.54) is 0 Å². The van der Waals surface area contributed by atoms with Crippen LogP contribution in [0.25, 0.3) is 5.82 Å². The second kappa shape index (κ2) is 3.74. The first kappa shape index (κ1) is 9.72. The first-order chi connectivity index (χ1) is 7.20. The van der Waals surface area contributed by atoms with E-state index in [0.717, 1.165) is 11.5 Å². The molecule has 6 heteroatoms. The van der Waals surface area contributed by atoms with Crippen molar-refractivity contribution < 1.29 is 0 Å². The molecule has 0 aliphatic heterocycles. The van der Waals surface area contributed by atoms with Crippen molar-refractivity contribution in [2.24, 2.45) is 5.73 Å². The lowest BCUT2D eigenvalue weighted by atomic mass is 10.4. The Labute approximate surface area is 87.2 Å². The number of hydrogen-bond acceptors (Lipinski definition) is 5. The maximum absolute atomic E-state index is 5.49. The highest BCUT2D eigenvalue weighted by Gasteiger charge is 2.06. The average Bonchev–Trinajstić information content (AvgIpc) is 2.58. The summed E-state index contributed by atoms with van der Waals surface area (Å²) in [5, 5.41) is 4.22. The minimum absolute atomic E-state index is 0.369. The van der Waals surface area contributed by atoms with Crippen molar-refractivity contribution in [2.75, 3.05) is 0 Å². The SMILES string of the molecule is Cc1nc(C)n(-c2cncc(CN)n2)n1. The Morgan fingerprint density at radius 2 is 2.07 bits per heavy atom. The van der Waals surface area contributed by atoms with Crippen LogP contribution < -0.4 is 5.73 Å². The van der Waals surface area contributed by atoms with Crippen LogP contribution in [0.3, 0.4) is 0 Å². The maximum atomic E-state index is 5.49. The number of aromatic nitrogens is 5. The summed E-state index contributed by atoms with van der Waals surface area (Å²) in [7, 11) is 0. The molecule has 2 N–H and O–H groups in total. The number of nitrogens with two attached hydrogens (primary N) is 1. The van der Waals surface area contributed by atoms with Gasteiger partial charge in [-0.1, -0.05) is 0 Å². The quantitative estimate of drug-likeness (QED) is 0.752. The molecule has 0 amide bonds. The van der Waals surface area contributed by atoms with Crippen LogP contribution in [-0.4, -0.2) is 24.7 Å². The van der Waals surface area contributed by atoms with Crippen LogP contribution in [0.1, 0.15) is 17.3 Å². The summed E-state index contributed by atoms with van der Waals surface area (Å²) in [5.41, 5.74) is 6.23. The van der Waals surface area contributed by atoms with Crippen LogP contribution >= 0.6 is 0 Å². The van der Waals surface area contributed by atoms with Crippen LogP contribution in [0, 0.1) is 13.8 Å². The lowest BCUT2D eigenvalue weighted by Crippen LogP contribution is -2.07. The van der Waals surface area contributed by atoms with Gasteiger partial charge in [0.05, 0.1) is 11.9 Å². The summed E-state index contributed by atoms with van der Waals surface area (Å²) in [6, 6.07) is 0. The van der Waals surface area contributed by atoms with Crippen molar-refractivity contribution in [3.8, 4) is 5.82 Å². The smallest absolute Gasteiger partial charge is 0.174 e. The minimum Gasteiger partial charge on any atom is -0.325 e. The molecule has 0 aromatic carbocycles. The number of rotatable bonds is 2. The second-order valence-electron chi connectivity index (χ2n) is 3.19. The zero-order valence-corrected chi connectivity index (χ0v) is 8.68. The molecule has 0 saturated heterocycles. The third kappa shape index (κ3) is 1.84. The van der Waals surface area contributed by atoms with Gasteiger partial charge >= 0.3 is 0 Å². The van der Waals surface area contributed by atoms with Gasteiger partial charge in [0, 0.05) is 12.7 Å². The van der Waals surface area contributed by atoms with E-state index in [1.807, 2.05) is 13.8 Å². The Balaban J connectivity index is 2.49. The van der Waals surface area contributed by atoms with Gasteiger partial charge in [0.25, 0.3) is 0 Å². The van der Waals surface area contributed by atoms with Gasteiger partial charge in [-0.15, -0.1) is 5.10 Å². The fourth-order valence-electron chi connectivity index (χ4n) is 1.33. The molecular formula is C9H12N6. The predicted molar refractivity (Wildman–Crippen MR) is 54.3 cm³/mol. The normalized spacial score (nSPS) is 10.6. The fraction of sp³-hybridized carbons (Fsp3) is 0.333. The Bertz CT molecular complexity index is 475. The standard InChI is InChI=1S/C9H12N6/c1-6-12-7(2)15(14-6)9-5-11-4-8(3-10)13-9/h4-5H,3,10H2,1-2H3. The highest BCUT2D eigenvalue weighted by atomic mass is 15.4. The monoisotopic (exact) mass is 204 g/mol. The molecule has 6 nitrogen and oxygen atoms in total. The molecule has 0 fully saturated rings. The first-order valence-electron chi connectivity index (χ1n) is 4.62. The van der Waals surface area contributed by atoms with Crippen molar-refractivity contribution in [1.82, 2.24) is 24.7 Å². The van der Waals surface area contributed by atoms with E-state index >= 15 is 0 Å². The molecular weight excluding hydrogens is 192 g/mol. The molecule has 2 heterocycles. The molecule has 0 spiro atoms. The molecule has 2 rings (SSSR count). The summed E-state index contributed by atoms with van der Waals surface area (Å²) in [5.74, 6) is 2.15. The van der Waals surface area contributed by atoms with Crippen LogP contribution in [0.15, 0.2) is 12.4 Å². The Kier molecular flexibility index (Phi) is 2.42. The fourth-order valence-corrected chi connectivity index (χ4v) is 1.33. The molecule has 2 aromatic heterocycles. The number of nitrogens with zero attached hydrogens (tertiary/aromatic N) is 5. The average molecular weight is 204 g/mol. The van der Waals surface area contributed by atoms with E-state index in [-0.39, 0.29) is 0 Å². The Hall–Kier alpha value is -1.82. The highest BCUT2D eigenvalue weighted by molar-refractivity contribution is 5.19. The van der Waals surface area contributed by atoms with Crippen LogP contribution in [0.2, 0.25) is 0 Å². The molecule has 0 radical (unpaired) electrons. The summed E-state index contributed by atoms with van der Waals surface area (Å²) >= 11 is 0. The predicted octanol–water partition coefficient (Wildman–Crippen LogP) is 0.133. The molecule has 0 atom stereocenters. The third-order valence-electron chi connectivity index (χ3n) is 1.97. The highest BCUT2D eigenvalue weighted by Crippen LogP contribution is 2.05. The molecule has 0 aliphatic carbocycles. The molecule has 0 unspecified atom stereocenters. The van der Waals surface area contributed by atoms with Gasteiger partial charge in [0.1, 0.15) is 11.6 Å². The molecule has 0 bridgehead atoms. The van der Waals surface area contributed by atoms with E-state index in [2.05, 4.69) is 20.1 Å². The summed E-state index contributed by atoms with van der Waals surface area (Å²) < 4.78 is 1.65. The molecule has 78 valence electrons. The maximum Gasteiger partial charge on any atom is 0.174 e.